The van der Waals surface area contributed by atoms with Gasteiger partial charge in [-0.3, -0.25) is 20.1 Å². The number of aromatic amines is 2. The predicted octanol–water partition coefficient (Wildman–Crippen LogP) is 5.40. The van der Waals surface area contributed by atoms with Crippen LogP contribution < -0.4 is 0 Å². The van der Waals surface area contributed by atoms with Gasteiger partial charge in [0.1, 0.15) is 5.69 Å². The molecule has 0 atom stereocenters. The molecule has 0 amide bonds. The normalized spacial score (nSPS) is 11.9. The van der Waals surface area contributed by atoms with E-state index < -0.39 is 0 Å². The van der Waals surface area contributed by atoms with Crippen molar-refractivity contribution in [3.05, 3.63) is 102 Å². The average molecular weight is 462 g/mol. The maximum absolute atomic E-state index is 4.66. The summed E-state index contributed by atoms with van der Waals surface area (Å²) in [4.78, 5) is 19.3. The monoisotopic (exact) mass is 461 g/mol. The van der Waals surface area contributed by atoms with Crippen molar-refractivity contribution in [3.63, 3.8) is 0 Å². The summed E-state index contributed by atoms with van der Waals surface area (Å²) in [6, 6.07) is 12.2. The fourth-order valence-electron chi connectivity index (χ4n) is 4.28. The van der Waals surface area contributed by atoms with Crippen molar-refractivity contribution in [2.24, 2.45) is 0 Å². The van der Waals surface area contributed by atoms with Crippen LogP contribution in [0.3, 0.4) is 0 Å². The predicted molar refractivity (Wildman–Crippen MR) is 141 cm³/mol. The molecule has 0 radical (unpaired) electrons. The van der Waals surface area contributed by atoms with Gasteiger partial charge in [-0.25, -0.2) is 0 Å². The number of hydrogen-bond donors (Lipinski definition) is 2. The van der Waals surface area contributed by atoms with Gasteiger partial charge in [0.05, 0.1) is 28.8 Å². The summed E-state index contributed by atoms with van der Waals surface area (Å²) < 4.78 is 0. The van der Waals surface area contributed by atoms with Gasteiger partial charge in [0.25, 0.3) is 0 Å². The number of nitrogens with one attached hydrogen (secondary N) is 2. The lowest BCUT2D eigenvalue weighted by Crippen LogP contribution is -2.10. The first-order valence-corrected chi connectivity index (χ1v) is 11.4. The van der Waals surface area contributed by atoms with Crippen LogP contribution in [0, 0.1) is 6.92 Å². The fourth-order valence-corrected chi connectivity index (χ4v) is 4.28. The van der Waals surface area contributed by atoms with Crippen molar-refractivity contribution in [2.45, 2.75) is 13.5 Å². The first kappa shape index (κ1) is 22.4. The SMILES string of the molecule is C=C/C=C(/c1ccccn1)c1cc(-c2n[nH]c3cnc(-c4cncc(CN(C)C)c4)cc23)[nH]c1C. The van der Waals surface area contributed by atoms with Crippen LogP contribution >= 0.6 is 0 Å². The zero-order valence-corrected chi connectivity index (χ0v) is 20.1. The van der Waals surface area contributed by atoms with Crippen molar-refractivity contribution < 1.29 is 0 Å². The van der Waals surface area contributed by atoms with Crippen LogP contribution in [0.5, 0.6) is 0 Å². The van der Waals surface area contributed by atoms with Crippen LogP contribution in [-0.4, -0.2) is 49.1 Å². The van der Waals surface area contributed by atoms with E-state index in [4.69, 9.17) is 0 Å². The Morgan fingerprint density at radius 1 is 1.09 bits per heavy atom. The van der Waals surface area contributed by atoms with E-state index in [1.807, 2.05) is 57.0 Å². The van der Waals surface area contributed by atoms with Crippen molar-refractivity contribution >= 4 is 16.5 Å². The van der Waals surface area contributed by atoms with Crippen molar-refractivity contribution in [3.8, 4) is 22.6 Å². The van der Waals surface area contributed by atoms with Gasteiger partial charge < -0.3 is 9.88 Å². The number of allylic oxidation sites excluding steroid dienone is 2. The molecule has 0 saturated heterocycles. The summed E-state index contributed by atoms with van der Waals surface area (Å²) in [5.41, 5.74) is 9.61. The van der Waals surface area contributed by atoms with E-state index in [1.54, 1.807) is 12.3 Å². The Kier molecular flexibility index (Phi) is 6.08. The Balaban J connectivity index is 1.57. The quantitative estimate of drug-likeness (QED) is 0.317. The molecule has 0 aromatic carbocycles. The molecule has 5 rings (SSSR count). The molecule has 0 fully saturated rings. The number of aryl methyl sites for hydroxylation is 1. The molecule has 0 aliphatic heterocycles. The highest BCUT2D eigenvalue weighted by Gasteiger charge is 2.17. The molecule has 0 unspecified atom stereocenters. The van der Waals surface area contributed by atoms with E-state index in [2.05, 4.69) is 66.7 Å². The topological polar surface area (TPSA) is 86.4 Å². The van der Waals surface area contributed by atoms with E-state index in [-0.39, 0.29) is 0 Å². The molecule has 0 saturated carbocycles. The van der Waals surface area contributed by atoms with Crippen LogP contribution in [0.1, 0.15) is 22.5 Å². The minimum Gasteiger partial charge on any atom is -0.357 e. The lowest BCUT2D eigenvalue weighted by molar-refractivity contribution is 0.402. The second-order valence-corrected chi connectivity index (χ2v) is 8.76. The largest absolute Gasteiger partial charge is 0.357 e. The third kappa shape index (κ3) is 4.54. The third-order valence-electron chi connectivity index (χ3n) is 5.82. The van der Waals surface area contributed by atoms with Gasteiger partial charge in [0.15, 0.2) is 0 Å². The summed E-state index contributed by atoms with van der Waals surface area (Å²) in [5, 5.41) is 8.73. The number of pyridine rings is 3. The van der Waals surface area contributed by atoms with Crippen LogP contribution in [0.15, 0.2) is 79.9 Å². The Morgan fingerprint density at radius 3 is 2.74 bits per heavy atom. The van der Waals surface area contributed by atoms with E-state index in [0.29, 0.717) is 0 Å². The molecule has 2 N–H and O–H groups in total. The lowest BCUT2D eigenvalue weighted by atomic mass is 10.0. The van der Waals surface area contributed by atoms with E-state index in [0.717, 1.165) is 68.2 Å². The molecular formula is C28H27N7. The van der Waals surface area contributed by atoms with Gasteiger partial charge in [0, 0.05) is 52.9 Å². The zero-order valence-electron chi connectivity index (χ0n) is 20.1. The molecule has 35 heavy (non-hydrogen) atoms. The lowest BCUT2D eigenvalue weighted by Gasteiger charge is -2.10. The molecule has 0 spiro atoms. The third-order valence-corrected chi connectivity index (χ3v) is 5.82. The van der Waals surface area contributed by atoms with Gasteiger partial charge in [-0.05, 0) is 56.9 Å². The van der Waals surface area contributed by atoms with Crippen molar-refractivity contribution in [1.82, 2.24) is 35.0 Å². The highest BCUT2D eigenvalue weighted by atomic mass is 15.1. The smallest absolute Gasteiger partial charge is 0.116 e. The highest BCUT2D eigenvalue weighted by molar-refractivity contribution is 5.95. The number of hydrogen-bond acceptors (Lipinski definition) is 5. The molecule has 0 aliphatic rings. The Hall–Kier alpha value is -4.36. The second-order valence-electron chi connectivity index (χ2n) is 8.76. The van der Waals surface area contributed by atoms with Crippen molar-refractivity contribution in [2.75, 3.05) is 14.1 Å². The van der Waals surface area contributed by atoms with Crippen LogP contribution in [-0.2, 0) is 6.54 Å². The molecule has 5 heterocycles. The van der Waals surface area contributed by atoms with Gasteiger partial charge in [-0.15, -0.1) is 0 Å². The van der Waals surface area contributed by atoms with Gasteiger partial charge in [-0.2, -0.15) is 5.10 Å². The molecular weight excluding hydrogens is 434 g/mol. The molecule has 5 aromatic rings. The van der Waals surface area contributed by atoms with Crippen LogP contribution in [0.2, 0.25) is 0 Å². The molecule has 0 aliphatic carbocycles. The standard InChI is InChI=1S/C28H27N7/c1-5-8-21(24-9-6-7-10-30-24)22-12-26(32-18(22)2)28-23-13-25(31-16-27(23)33-34-28)20-11-19(14-29-15-20)17-35(3)4/h5-16,32H,1,17H2,2-4H3,(H,33,34)/b21-8+. The molecule has 0 bridgehead atoms. The second kappa shape index (κ2) is 9.48. The fraction of sp³-hybridized carbons (Fsp3) is 0.143. The number of fused-ring (bicyclic) bond motifs is 1. The Morgan fingerprint density at radius 2 is 1.97 bits per heavy atom. The Labute approximate surface area is 204 Å². The van der Waals surface area contributed by atoms with Crippen LogP contribution in [0.25, 0.3) is 39.1 Å². The first-order valence-electron chi connectivity index (χ1n) is 11.4. The minimum atomic E-state index is 0.821. The number of nitrogens with zero attached hydrogens (tertiary/aromatic N) is 5. The van der Waals surface area contributed by atoms with E-state index in [9.17, 15) is 0 Å². The summed E-state index contributed by atoms with van der Waals surface area (Å²) in [6.07, 6.45) is 11.1. The Bertz CT molecular complexity index is 1520. The van der Waals surface area contributed by atoms with Crippen molar-refractivity contribution in [1.29, 1.82) is 0 Å². The zero-order chi connectivity index (χ0) is 24.4. The molecule has 174 valence electrons. The minimum absolute atomic E-state index is 0.821. The summed E-state index contributed by atoms with van der Waals surface area (Å²) >= 11 is 0. The van der Waals surface area contributed by atoms with Crippen LogP contribution in [0.4, 0.5) is 0 Å². The average Bonchev–Trinajstić information content (AvgIpc) is 3.45. The number of rotatable bonds is 7. The maximum atomic E-state index is 4.66. The molecule has 7 heteroatoms. The van der Waals surface area contributed by atoms with Gasteiger partial charge in [-0.1, -0.05) is 24.8 Å². The maximum Gasteiger partial charge on any atom is 0.116 e. The molecule has 7 nitrogen and oxygen atoms in total. The van der Waals surface area contributed by atoms with Gasteiger partial charge in [0.2, 0.25) is 0 Å². The number of H-pyrrole nitrogens is 2. The van der Waals surface area contributed by atoms with E-state index in [1.165, 1.54) is 0 Å². The summed E-state index contributed by atoms with van der Waals surface area (Å²) in [6.45, 7) is 6.77. The van der Waals surface area contributed by atoms with Gasteiger partial charge >= 0.3 is 0 Å². The van der Waals surface area contributed by atoms with E-state index >= 15 is 0 Å². The first-order chi connectivity index (χ1) is 17.0. The molecule has 5 aromatic heterocycles. The highest BCUT2D eigenvalue weighted by Crippen LogP contribution is 2.33. The number of aromatic nitrogens is 6. The summed E-state index contributed by atoms with van der Waals surface area (Å²) in [7, 11) is 4.09. The summed E-state index contributed by atoms with van der Waals surface area (Å²) in [5.74, 6) is 0.